The third kappa shape index (κ3) is 2.14. The van der Waals surface area contributed by atoms with E-state index in [1.807, 2.05) is 5.10 Å². The number of H-pyrrole nitrogens is 1. The fourth-order valence-electron chi connectivity index (χ4n) is 1.17. The Morgan fingerprint density at radius 3 is 2.50 bits per heavy atom. The maximum atomic E-state index is 12.4. The zero-order valence-corrected chi connectivity index (χ0v) is 9.34. The Morgan fingerprint density at radius 2 is 2.06 bits per heavy atom. The van der Waals surface area contributed by atoms with Crippen molar-refractivity contribution in [2.45, 2.75) is 6.18 Å². The average Bonchev–Trinajstić information content (AvgIpc) is 2.69. The number of halogens is 4. The van der Waals surface area contributed by atoms with Gasteiger partial charge in [0.2, 0.25) is 0 Å². The van der Waals surface area contributed by atoms with Gasteiger partial charge in [0.25, 0.3) is 0 Å². The minimum atomic E-state index is -4.49. The molecule has 0 unspecified atom stereocenters. The molecule has 8 heteroatoms. The number of nitrogen functional groups attached to an aromatic ring is 1. The van der Waals surface area contributed by atoms with Gasteiger partial charge in [-0.05, 0) is 11.4 Å². The molecule has 0 spiro atoms. The van der Waals surface area contributed by atoms with E-state index < -0.39 is 11.9 Å². The second-order valence-corrected chi connectivity index (χ2v) is 3.78. The van der Waals surface area contributed by atoms with Crippen molar-refractivity contribution < 1.29 is 13.2 Å². The standard InChI is InChI=1S/C8H6F3N3S.ClH/c9-8(10,11)7-5(12)6(13-14-7)4-2-1-3-15-4;/h1-3H,12H2,(H,13,14);1H. The van der Waals surface area contributed by atoms with Crippen LogP contribution in [-0.4, -0.2) is 10.2 Å². The molecule has 88 valence electrons. The van der Waals surface area contributed by atoms with E-state index in [4.69, 9.17) is 5.73 Å². The highest BCUT2D eigenvalue weighted by atomic mass is 35.5. The summed E-state index contributed by atoms with van der Waals surface area (Å²) in [4.78, 5) is 0.610. The molecular weight excluding hydrogens is 263 g/mol. The van der Waals surface area contributed by atoms with Gasteiger partial charge in [0.05, 0.1) is 10.6 Å². The van der Waals surface area contributed by atoms with Crippen molar-refractivity contribution in [1.82, 2.24) is 10.2 Å². The summed E-state index contributed by atoms with van der Waals surface area (Å²) in [7, 11) is 0. The number of hydrogen-bond donors (Lipinski definition) is 2. The van der Waals surface area contributed by atoms with E-state index in [0.717, 1.165) is 0 Å². The minimum absolute atomic E-state index is 0. The normalized spacial score (nSPS) is 11.2. The van der Waals surface area contributed by atoms with Crippen LogP contribution in [0.1, 0.15) is 5.69 Å². The van der Waals surface area contributed by atoms with Gasteiger partial charge in [0.15, 0.2) is 5.69 Å². The van der Waals surface area contributed by atoms with Gasteiger partial charge in [-0.15, -0.1) is 23.7 Å². The second-order valence-electron chi connectivity index (χ2n) is 2.84. The summed E-state index contributed by atoms with van der Waals surface area (Å²) >= 11 is 1.28. The molecule has 2 aromatic heterocycles. The molecule has 0 fully saturated rings. The molecule has 0 atom stereocenters. The van der Waals surface area contributed by atoms with Gasteiger partial charge in [-0.2, -0.15) is 18.3 Å². The SMILES string of the molecule is Cl.Nc1c(-c2cccs2)n[nH]c1C(F)(F)F. The molecule has 2 aromatic rings. The van der Waals surface area contributed by atoms with E-state index >= 15 is 0 Å². The quantitative estimate of drug-likeness (QED) is 0.835. The number of alkyl halides is 3. The number of anilines is 1. The highest BCUT2D eigenvalue weighted by Crippen LogP contribution is 2.37. The van der Waals surface area contributed by atoms with E-state index in [1.54, 1.807) is 17.5 Å². The second kappa shape index (κ2) is 4.34. The fraction of sp³-hybridized carbons (Fsp3) is 0.125. The van der Waals surface area contributed by atoms with E-state index in [1.165, 1.54) is 11.3 Å². The van der Waals surface area contributed by atoms with Crippen LogP contribution in [0.25, 0.3) is 10.6 Å². The number of thiophene rings is 1. The number of nitrogens with one attached hydrogen (secondary N) is 1. The molecule has 3 nitrogen and oxygen atoms in total. The molecule has 0 saturated carbocycles. The predicted molar refractivity (Wildman–Crippen MR) is 58.6 cm³/mol. The Labute approximate surface area is 98.9 Å². The van der Waals surface area contributed by atoms with Gasteiger partial charge in [-0.25, -0.2) is 0 Å². The van der Waals surface area contributed by atoms with Gasteiger partial charge >= 0.3 is 6.18 Å². The lowest BCUT2D eigenvalue weighted by Gasteiger charge is -2.03. The van der Waals surface area contributed by atoms with E-state index in [-0.39, 0.29) is 23.8 Å². The van der Waals surface area contributed by atoms with Gasteiger partial charge in [-0.3, -0.25) is 5.10 Å². The number of rotatable bonds is 1. The first kappa shape index (κ1) is 12.9. The van der Waals surface area contributed by atoms with Crippen LogP contribution in [0.5, 0.6) is 0 Å². The smallest absolute Gasteiger partial charge is 0.395 e. The lowest BCUT2D eigenvalue weighted by Crippen LogP contribution is -2.08. The van der Waals surface area contributed by atoms with Crippen LogP contribution in [0, 0.1) is 0 Å². The molecular formula is C8H7ClF3N3S. The summed E-state index contributed by atoms with van der Waals surface area (Å²) in [5, 5.41) is 7.22. The predicted octanol–water partition coefficient (Wildman–Crippen LogP) is 3.16. The number of hydrogen-bond acceptors (Lipinski definition) is 3. The lowest BCUT2D eigenvalue weighted by atomic mass is 10.2. The average molecular weight is 270 g/mol. The molecule has 0 amide bonds. The maximum Gasteiger partial charge on any atom is 0.434 e. The molecule has 3 N–H and O–H groups in total. The van der Waals surface area contributed by atoms with Crippen molar-refractivity contribution in [2.24, 2.45) is 0 Å². The molecule has 0 aromatic carbocycles. The van der Waals surface area contributed by atoms with Gasteiger partial charge in [0.1, 0.15) is 5.69 Å². The first-order valence-electron chi connectivity index (χ1n) is 3.95. The number of nitrogens with two attached hydrogens (primary N) is 1. The Hall–Kier alpha value is -1.21. The van der Waals surface area contributed by atoms with Crippen molar-refractivity contribution in [3.8, 4) is 10.6 Å². The molecule has 16 heavy (non-hydrogen) atoms. The molecule has 0 aliphatic rings. The van der Waals surface area contributed by atoms with Crippen molar-refractivity contribution >= 4 is 29.4 Å². The zero-order valence-electron chi connectivity index (χ0n) is 7.71. The Kier molecular flexibility index (Phi) is 3.49. The summed E-state index contributed by atoms with van der Waals surface area (Å²) in [6.45, 7) is 0. The Morgan fingerprint density at radius 1 is 1.38 bits per heavy atom. The fourth-order valence-corrected chi connectivity index (χ4v) is 1.90. The highest BCUT2D eigenvalue weighted by Gasteiger charge is 2.36. The minimum Gasteiger partial charge on any atom is -0.395 e. The molecule has 0 aliphatic heterocycles. The molecule has 0 saturated heterocycles. The lowest BCUT2D eigenvalue weighted by molar-refractivity contribution is -0.140. The summed E-state index contributed by atoms with van der Waals surface area (Å²) in [5.74, 6) is 0. The van der Waals surface area contributed by atoms with Crippen molar-refractivity contribution in [2.75, 3.05) is 5.73 Å². The van der Waals surface area contributed by atoms with E-state index in [9.17, 15) is 13.2 Å². The van der Waals surface area contributed by atoms with Crippen molar-refractivity contribution in [3.05, 3.63) is 23.2 Å². The number of nitrogens with zero attached hydrogens (tertiary/aromatic N) is 1. The molecule has 0 aliphatic carbocycles. The van der Waals surface area contributed by atoms with Gasteiger partial charge < -0.3 is 5.73 Å². The Balaban J connectivity index is 0.00000128. The number of aromatic amines is 1. The van der Waals surface area contributed by atoms with Crippen LogP contribution in [0.3, 0.4) is 0 Å². The van der Waals surface area contributed by atoms with Crippen LogP contribution in [0.15, 0.2) is 17.5 Å². The van der Waals surface area contributed by atoms with Crippen molar-refractivity contribution in [1.29, 1.82) is 0 Å². The van der Waals surface area contributed by atoms with Crippen LogP contribution < -0.4 is 5.73 Å². The topological polar surface area (TPSA) is 54.7 Å². The third-order valence-electron chi connectivity index (χ3n) is 1.84. The summed E-state index contributed by atoms with van der Waals surface area (Å²) in [5.41, 5.74) is 4.17. The molecule has 0 radical (unpaired) electrons. The third-order valence-corrected chi connectivity index (χ3v) is 2.72. The van der Waals surface area contributed by atoms with Crippen LogP contribution >= 0.6 is 23.7 Å². The van der Waals surface area contributed by atoms with Crippen LogP contribution in [0.2, 0.25) is 0 Å². The van der Waals surface area contributed by atoms with Crippen LogP contribution in [0.4, 0.5) is 18.9 Å². The monoisotopic (exact) mass is 269 g/mol. The number of aromatic nitrogens is 2. The maximum absolute atomic E-state index is 12.4. The highest BCUT2D eigenvalue weighted by molar-refractivity contribution is 7.13. The van der Waals surface area contributed by atoms with Gasteiger partial charge in [0, 0.05) is 0 Å². The largest absolute Gasteiger partial charge is 0.434 e. The molecule has 0 bridgehead atoms. The van der Waals surface area contributed by atoms with Crippen molar-refractivity contribution in [3.63, 3.8) is 0 Å². The summed E-state index contributed by atoms with van der Waals surface area (Å²) in [6.07, 6.45) is -4.49. The first-order valence-corrected chi connectivity index (χ1v) is 4.83. The van der Waals surface area contributed by atoms with Crippen LogP contribution in [-0.2, 0) is 6.18 Å². The molecule has 2 heterocycles. The Bertz CT molecular complexity index is 463. The van der Waals surface area contributed by atoms with E-state index in [2.05, 4.69) is 5.10 Å². The van der Waals surface area contributed by atoms with Gasteiger partial charge in [-0.1, -0.05) is 6.07 Å². The molecule has 2 rings (SSSR count). The zero-order chi connectivity index (χ0) is 11.1. The summed E-state index contributed by atoms with van der Waals surface area (Å²) in [6, 6.07) is 3.39. The summed E-state index contributed by atoms with van der Waals surface area (Å²) < 4.78 is 37.1. The van der Waals surface area contributed by atoms with E-state index in [0.29, 0.717) is 4.88 Å². The first-order chi connectivity index (χ1) is 7.00.